The van der Waals surface area contributed by atoms with E-state index in [1.807, 2.05) is 0 Å². The van der Waals surface area contributed by atoms with Crippen LogP contribution < -0.4 is 4.74 Å². The minimum Gasteiger partial charge on any atom is -0.482 e. The van der Waals surface area contributed by atoms with Crippen LogP contribution in [0.2, 0.25) is 0 Å². The molecular weight excluding hydrogens is 353 g/mol. The summed E-state index contributed by atoms with van der Waals surface area (Å²) in [7, 11) is 0. The van der Waals surface area contributed by atoms with Gasteiger partial charge in [-0.1, -0.05) is 0 Å². The van der Waals surface area contributed by atoms with Crippen LogP contribution in [0, 0.1) is 0 Å². The van der Waals surface area contributed by atoms with E-state index in [1.54, 1.807) is 0 Å². The van der Waals surface area contributed by atoms with Crippen LogP contribution in [0.15, 0.2) is 24.4 Å². The maximum Gasteiger partial charge on any atom is 0.408 e. The molecule has 0 aliphatic carbocycles. The molecule has 1 aromatic carbocycles. The van der Waals surface area contributed by atoms with Gasteiger partial charge in [-0.15, -0.1) is 0 Å². The number of aromatic nitrogens is 2. The second kappa shape index (κ2) is 5.74. The molecule has 0 spiro atoms. The van der Waals surface area contributed by atoms with Gasteiger partial charge >= 0.3 is 18.2 Å². The van der Waals surface area contributed by atoms with Gasteiger partial charge in [0.05, 0.1) is 24.8 Å². The molecule has 1 aliphatic rings. The zero-order valence-corrected chi connectivity index (χ0v) is 12.5. The molecule has 1 N–H and O–H groups in total. The summed E-state index contributed by atoms with van der Waals surface area (Å²) in [5.74, 6) is -3.49. The van der Waals surface area contributed by atoms with Crippen molar-refractivity contribution in [3.05, 3.63) is 24.4 Å². The predicted molar refractivity (Wildman–Crippen MR) is 74.7 cm³/mol. The topological polar surface area (TPSA) is 67.6 Å². The second-order valence-corrected chi connectivity index (χ2v) is 5.67. The van der Waals surface area contributed by atoms with E-state index < -0.39 is 43.9 Å². The fourth-order valence-electron chi connectivity index (χ4n) is 2.61. The molecule has 1 amide bonds. The van der Waals surface area contributed by atoms with Crippen LogP contribution in [0.5, 0.6) is 5.75 Å². The first-order valence-corrected chi connectivity index (χ1v) is 7.10. The Morgan fingerprint density at radius 2 is 2.12 bits per heavy atom. The highest BCUT2D eigenvalue weighted by atomic mass is 19.4. The van der Waals surface area contributed by atoms with Crippen molar-refractivity contribution in [2.45, 2.75) is 24.7 Å². The predicted octanol–water partition coefficient (Wildman–Crippen LogP) is 2.97. The molecule has 1 fully saturated rings. The van der Waals surface area contributed by atoms with Crippen molar-refractivity contribution >= 4 is 17.0 Å². The van der Waals surface area contributed by atoms with Gasteiger partial charge in [-0.2, -0.15) is 18.3 Å². The molecule has 1 unspecified atom stereocenters. The molecule has 1 atom stereocenters. The number of carboxylic acid groups (broad SMARTS) is 1. The Morgan fingerprint density at radius 1 is 1.40 bits per heavy atom. The monoisotopic (exact) mass is 365 g/mol. The number of hydrogen-bond donors (Lipinski definition) is 1. The van der Waals surface area contributed by atoms with E-state index in [9.17, 15) is 26.7 Å². The Morgan fingerprint density at radius 3 is 2.72 bits per heavy atom. The molecule has 3 rings (SSSR count). The van der Waals surface area contributed by atoms with Gasteiger partial charge < -0.3 is 9.84 Å². The van der Waals surface area contributed by atoms with Crippen LogP contribution in [-0.4, -0.2) is 57.2 Å². The molecule has 25 heavy (non-hydrogen) atoms. The minimum absolute atomic E-state index is 0.0752. The van der Waals surface area contributed by atoms with Crippen LogP contribution in [0.25, 0.3) is 10.9 Å². The smallest absolute Gasteiger partial charge is 0.408 e. The molecule has 1 aliphatic heterocycles. The molecule has 6 nitrogen and oxygen atoms in total. The average Bonchev–Trinajstić information content (AvgIpc) is 2.99. The lowest BCUT2D eigenvalue weighted by Crippen LogP contribution is -2.36. The zero-order valence-electron chi connectivity index (χ0n) is 12.5. The Balaban J connectivity index is 1.84. The van der Waals surface area contributed by atoms with E-state index in [0.717, 1.165) is 0 Å². The van der Waals surface area contributed by atoms with Gasteiger partial charge in [0.15, 0.2) is 6.10 Å². The number of fused-ring (bicyclic) bond motifs is 1. The van der Waals surface area contributed by atoms with E-state index in [4.69, 9.17) is 9.84 Å². The highest BCUT2D eigenvalue weighted by Gasteiger charge is 2.51. The zero-order chi connectivity index (χ0) is 18.4. The summed E-state index contributed by atoms with van der Waals surface area (Å²) in [4.78, 5) is 11.3. The van der Waals surface area contributed by atoms with Crippen molar-refractivity contribution in [3.63, 3.8) is 0 Å². The van der Waals surface area contributed by atoms with E-state index >= 15 is 0 Å². The van der Waals surface area contributed by atoms with Gasteiger partial charge in [0.25, 0.3) is 0 Å². The Bertz CT molecular complexity index is 805. The van der Waals surface area contributed by atoms with Gasteiger partial charge in [0.1, 0.15) is 12.3 Å². The van der Waals surface area contributed by atoms with Crippen LogP contribution in [0.4, 0.5) is 26.7 Å². The fraction of sp³-hybridized carbons (Fsp3) is 0.429. The largest absolute Gasteiger partial charge is 0.482 e. The molecule has 0 saturated carbocycles. The number of halogens is 5. The van der Waals surface area contributed by atoms with Crippen LogP contribution in [-0.2, 0) is 6.54 Å². The number of alkyl halides is 5. The van der Waals surface area contributed by atoms with Gasteiger partial charge in [-0.05, 0) is 12.1 Å². The molecule has 2 heterocycles. The molecule has 0 radical (unpaired) electrons. The SMILES string of the molecule is O=C(O)N1CC(Oc2ccc3cnn(CC(F)(F)F)c3c2)C(F)(F)C1. The summed E-state index contributed by atoms with van der Waals surface area (Å²) in [6.45, 7) is -2.87. The summed E-state index contributed by atoms with van der Waals surface area (Å²) in [5, 5.41) is 12.8. The van der Waals surface area contributed by atoms with E-state index in [2.05, 4.69) is 5.10 Å². The van der Waals surface area contributed by atoms with Crippen LogP contribution in [0.1, 0.15) is 0 Å². The Kier molecular flexibility index (Phi) is 3.96. The standard InChI is InChI=1S/C14H12F5N3O3/c15-13(16)6-21(12(23)24)5-11(13)25-9-2-1-8-4-20-22(10(8)3-9)7-14(17,18)19/h1-4,11H,5-7H2,(H,23,24). The van der Waals surface area contributed by atoms with E-state index in [-0.39, 0.29) is 11.3 Å². The van der Waals surface area contributed by atoms with Crippen molar-refractivity contribution in [1.82, 2.24) is 14.7 Å². The number of nitrogens with zero attached hydrogens (tertiary/aromatic N) is 3. The highest BCUT2D eigenvalue weighted by molar-refractivity contribution is 5.80. The van der Waals surface area contributed by atoms with Crippen molar-refractivity contribution < 1.29 is 36.6 Å². The van der Waals surface area contributed by atoms with Crippen molar-refractivity contribution in [2.75, 3.05) is 13.1 Å². The van der Waals surface area contributed by atoms with Crippen LogP contribution >= 0.6 is 0 Å². The van der Waals surface area contributed by atoms with Gasteiger partial charge in [-0.3, -0.25) is 9.58 Å². The van der Waals surface area contributed by atoms with Gasteiger partial charge in [-0.25, -0.2) is 13.6 Å². The average molecular weight is 365 g/mol. The first kappa shape index (κ1) is 17.2. The second-order valence-electron chi connectivity index (χ2n) is 5.67. The van der Waals surface area contributed by atoms with Crippen molar-refractivity contribution in [1.29, 1.82) is 0 Å². The number of carbonyl (C=O) groups is 1. The summed E-state index contributed by atoms with van der Waals surface area (Å²) >= 11 is 0. The molecule has 1 aromatic heterocycles. The number of ether oxygens (including phenoxy) is 1. The summed E-state index contributed by atoms with van der Waals surface area (Å²) in [5.41, 5.74) is 0.0752. The molecule has 0 bridgehead atoms. The first-order valence-electron chi connectivity index (χ1n) is 7.10. The third kappa shape index (κ3) is 3.59. The summed E-state index contributed by atoms with van der Waals surface area (Å²) in [6.07, 6.45) is -6.48. The van der Waals surface area contributed by atoms with E-state index in [0.29, 0.717) is 15.0 Å². The molecule has 1 saturated heterocycles. The molecular formula is C14H12F5N3O3. The molecule has 11 heteroatoms. The highest BCUT2D eigenvalue weighted by Crippen LogP contribution is 2.32. The lowest BCUT2D eigenvalue weighted by atomic mass is 10.2. The number of amides is 1. The van der Waals surface area contributed by atoms with Crippen LogP contribution in [0.3, 0.4) is 0 Å². The summed E-state index contributed by atoms with van der Waals surface area (Å²) in [6, 6.07) is 3.89. The number of rotatable bonds is 3. The van der Waals surface area contributed by atoms with Crippen molar-refractivity contribution in [3.8, 4) is 5.75 Å². The van der Waals surface area contributed by atoms with Crippen molar-refractivity contribution in [2.24, 2.45) is 0 Å². The number of likely N-dealkylation sites (tertiary alicyclic amines) is 1. The lowest BCUT2D eigenvalue weighted by Gasteiger charge is -2.19. The fourth-order valence-corrected chi connectivity index (χ4v) is 2.61. The normalized spacial score (nSPS) is 20.2. The minimum atomic E-state index is -4.49. The number of benzene rings is 1. The summed E-state index contributed by atoms with van der Waals surface area (Å²) < 4.78 is 71.2. The van der Waals surface area contributed by atoms with Gasteiger partial charge in [0.2, 0.25) is 0 Å². The number of hydrogen-bond acceptors (Lipinski definition) is 3. The first-order chi connectivity index (χ1) is 11.5. The lowest BCUT2D eigenvalue weighted by molar-refractivity contribution is -0.141. The third-order valence-corrected chi connectivity index (χ3v) is 3.75. The maximum atomic E-state index is 13.9. The molecule has 136 valence electrons. The third-order valence-electron chi connectivity index (χ3n) is 3.75. The Hall–Kier alpha value is -2.59. The Labute approximate surface area is 137 Å². The molecule has 2 aromatic rings. The van der Waals surface area contributed by atoms with E-state index in [1.165, 1.54) is 24.4 Å². The van der Waals surface area contributed by atoms with Gasteiger partial charge in [0, 0.05) is 11.5 Å². The quantitative estimate of drug-likeness (QED) is 0.850. The maximum absolute atomic E-state index is 13.9.